The van der Waals surface area contributed by atoms with E-state index in [1.807, 2.05) is 0 Å². The van der Waals surface area contributed by atoms with Crippen LogP contribution >= 0.6 is 0 Å². The van der Waals surface area contributed by atoms with Crippen LogP contribution in [0.2, 0.25) is 0 Å². The fourth-order valence-electron chi connectivity index (χ4n) is 0.750. The summed E-state index contributed by atoms with van der Waals surface area (Å²) in [6.07, 6.45) is 5.55. The third kappa shape index (κ3) is 24.7. The van der Waals surface area contributed by atoms with Crippen molar-refractivity contribution >= 4 is 5.97 Å². The lowest BCUT2D eigenvalue weighted by Gasteiger charge is -2.04. The molecule has 78 valence electrons. The average molecular weight is 188 g/mol. The molecule has 0 aromatic carbocycles. The number of unbranched alkanes of at least 4 members (excludes halogenated alkanes) is 1. The van der Waals surface area contributed by atoms with E-state index in [0.717, 1.165) is 32.6 Å². The first-order chi connectivity index (χ1) is 6.04. The highest BCUT2D eigenvalue weighted by atomic mass is 16.4. The van der Waals surface area contributed by atoms with Gasteiger partial charge in [-0.15, -0.1) is 6.58 Å². The number of aliphatic hydroxyl groups is 1. The summed E-state index contributed by atoms with van der Waals surface area (Å²) >= 11 is 0. The van der Waals surface area contributed by atoms with Gasteiger partial charge in [-0.1, -0.05) is 25.8 Å². The Morgan fingerprint density at radius 3 is 2.38 bits per heavy atom. The first-order valence-corrected chi connectivity index (χ1v) is 4.53. The number of aliphatic hydroxyl groups excluding tert-OH is 1. The average Bonchev–Trinajstić information content (AvgIpc) is 2.00. The molecule has 0 rings (SSSR count). The molecule has 0 fully saturated rings. The van der Waals surface area contributed by atoms with Crippen LogP contribution in [0.25, 0.3) is 0 Å². The van der Waals surface area contributed by atoms with Crippen LogP contribution in [0.4, 0.5) is 0 Å². The van der Waals surface area contributed by atoms with E-state index >= 15 is 0 Å². The van der Waals surface area contributed by atoms with Crippen LogP contribution in [0.3, 0.4) is 0 Å². The molecular formula is C10H20O3. The summed E-state index contributed by atoms with van der Waals surface area (Å²) in [6, 6.07) is 0. The molecule has 0 heterocycles. The van der Waals surface area contributed by atoms with Gasteiger partial charge in [-0.25, -0.2) is 0 Å². The van der Waals surface area contributed by atoms with Gasteiger partial charge >= 0.3 is 0 Å². The Hall–Kier alpha value is -0.830. The fourth-order valence-corrected chi connectivity index (χ4v) is 0.750. The lowest BCUT2D eigenvalue weighted by Crippen LogP contribution is -2.03. The highest BCUT2D eigenvalue weighted by Gasteiger charge is 1.97. The lowest BCUT2D eigenvalue weighted by molar-refractivity contribution is -0.134. The summed E-state index contributed by atoms with van der Waals surface area (Å²) < 4.78 is 0. The zero-order valence-corrected chi connectivity index (χ0v) is 8.49. The number of hydrogen-bond acceptors (Lipinski definition) is 2. The van der Waals surface area contributed by atoms with E-state index in [0.29, 0.717) is 0 Å². The number of rotatable bonds is 5. The molecule has 2 N–H and O–H groups in total. The summed E-state index contributed by atoms with van der Waals surface area (Å²) in [4.78, 5) is 9.00. The topological polar surface area (TPSA) is 57.5 Å². The highest BCUT2D eigenvalue weighted by Crippen LogP contribution is 2.03. The maximum atomic E-state index is 9.11. The molecule has 0 spiro atoms. The largest absolute Gasteiger partial charge is 0.481 e. The number of carbonyl (C=O) groups is 1. The predicted octanol–water partition coefficient (Wildman–Crippen LogP) is 2.20. The van der Waals surface area contributed by atoms with E-state index in [9.17, 15) is 0 Å². The van der Waals surface area contributed by atoms with Crippen LogP contribution in [0, 0.1) is 0 Å². The molecule has 0 saturated heterocycles. The molecule has 1 unspecified atom stereocenters. The monoisotopic (exact) mass is 188 g/mol. The molecule has 3 heteroatoms. The van der Waals surface area contributed by atoms with Crippen LogP contribution < -0.4 is 0 Å². The number of hydrogen-bond donors (Lipinski definition) is 2. The van der Waals surface area contributed by atoms with Gasteiger partial charge in [0.15, 0.2) is 0 Å². The van der Waals surface area contributed by atoms with Crippen molar-refractivity contribution in [2.45, 2.75) is 45.6 Å². The molecule has 0 radical (unpaired) electrons. The summed E-state index contributed by atoms with van der Waals surface area (Å²) in [5.74, 6) is -0.833. The molecule has 0 bridgehead atoms. The normalized spacial score (nSPS) is 11.0. The second-order valence-corrected chi connectivity index (χ2v) is 2.84. The molecule has 0 aliphatic heterocycles. The SMILES string of the molecule is C=CCC(O)CCCC.CC(=O)O. The highest BCUT2D eigenvalue weighted by molar-refractivity contribution is 5.62. The fraction of sp³-hybridized carbons (Fsp3) is 0.700. The van der Waals surface area contributed by atoms with E-state index in [1.54, 1.807) is 6.08 Å². The molecule has 0 aromatic heterocycles. The Kier molecular flexibility index (Phi) is 12.6. The van der Waals surface area contributed by atoms with Crippen LogP contribution in [-0.2, 0) is 4.79 Å². The summed E-state index contributed by atoms with van der Waals surface area (Å²) in [7, 11) is 0. The predicted molar refractivity (Wildman–Crippen MR) is 53.7 cm³/mol. The van der Waals surface area contributed by atoms with Crippen molar-refractivity contribution in [3.8, 4) is 0 Å². The summed E-state index contributed by atoms with van der Waals surface area (Å²) in [5, 5.41) is 16.5. The Morgan fingerprint density at radius 2 is 2.08 bits per heavy atom. The zero-order valence-electron chi connectivity index (χ0n) is 8.49. The summed E-state index contributed by atoms with van der Waals surface area (Å²) in [5.41, 5.74) is 0. The van der Waals surface area contributed by atoms with Crippen LogP contribution in [-0.4, -0.2) is 22.3 Å². The van der Waals surface area contributed by atoms with Crippen molar-refractivity contribution in [2.24, 2.45) is 0 Å². The number of aliphatic carboxylic acids is 1. The quantitative estimate of drug-likeness (QED) is 0.650. The number of carboxylic acids is 1. The van der Waals surface area contributed by atoms with Gasteiger partial charge in [0.25, 0.3) is 5.97 Å². The molecular weight excluding hydrogens is 168 g/mol. The van der Waals surface area contributed by atoms with E-state index < -0.39 is 5.97 Å². The van der Waals surface area contributed by atoms with Crippen molar-refractivity contribution in [2.75, 3.05) is 0 Å². The molecule has 1 atom stereocenters. The van der Waals surface area contributed by atoms with Gasteiger partial charge in [0.2, 0.25) is 0 Å². The smallest absolute Gasteiger partial charge is 0.300 e. The van der Waals surface area contributed by atoms with Gasteiger partial charge in [0, 0.05) is 6.92 Å². The van der Waals surface area contributed by atoms with E-state index in [-0.39, 0.29) is 6.10 Å². The van der Waals surface area contributed by atoms with Crippen molar-refractivity contribution in [1.29, 1.82) is 0 Å². The molecule has 0 aliphatic carbocycles. The van der Waals surface area contributed by atoms with Crippen molar-refractivity contribution in [3.05, 3.63) is 12.7 Å². The Balaban J connectivity index is 0. The molecule has 0 saturated carbocycles. The van der Waals surface area contributed by atoms with E-state index in [1.165, 1.54) is 0 Å². The van der Waals surface area contributed by atoms with Gasteiger partial charge in [-0.3, -0.25) is 4.79 Å². The van der Waals surface area contributed by atoms with Gasteiger partial charge in [0.05, 0.1) is 6.10 Å². The maximum Gasteiger partial charge on any atom is 0.300 e. The van der Waals surface area contributed by atoms with Gasteiger partial charge in [0.1, 0.15) is 0 Å². The van der Waals surface area contributed by atoms with Crippen molar-refractivity contribution in [3.63, 3.8) is 0 Å². The minimum absolute atomic E-state index is 0.151. The Morgan fingerprint density at radius 1 is 1.62 bits per heavy atom. The Labute approximate surface area is 80.1 Å². The minimum atomic E-state index is -0.833. The van der Waals surface area contributed by atoms with Crippen molar-refractivity contribution < 1.29 is 15.0 Å². The van der Waals surface area contributed by atoms with Crippen molar-refractivity contribution in [1.82, 2.24) is 0 Å². The second-order valence-electron chi connectivity index (χ2n) is 2.84. The third-order valence-corrected chi connectivity index (χ3v) is 1.33. The molecule has 3 nitrogen and oxygen atoms in total. The van der Waals surface area contributed by atoms with Gasteiger partial charge in [-0.05, 0) is 12.8 Å². The molecule has 0 amide bonds. The molecule has 0 aromatic rings. The van der Waals surface area contributed by atoms with E-state index in [2.05, 4.69) is 13.5 Å². The molecule has 13 heavy (non-hydrogen) atoms. The lowest BCUT2D eigenvalue weighted by atomic mass is 10.1. The minimum Gasteiger partial charge on any atom is -0.481 e. The third-order valence-electron chi connectivity index (χ3n) is 1.33. The summed E-state index contributed by atoms with van der Waals surface area (Å²) in [6.45, 7) is 6.76. The second kappa shape index (κ2) is 11.2. The molecule has 0 aliphatic rings. The first kappa shape index (κ1) is 14.7. The standard InChI is InChI=1S/C8H16O.C2H4O2/c1-3-5-7-8(9)6-4-2;1-2(3)4/h4,8-9H,2-3,5-7H2,1H3;1H3,(H,3,4). The van der Waals surface area contributed by atoms with E-state index in [4.69, 9.17) is 15.0 Å². The van der Waals surface area contributed by atoms with Gasteiger partial charge < -0.3 is 10.2 Å². The zero-order chi connectivity index (χ0) is 10.7. The van der Waals surface area contributed by atoms with Crippen LogP contribution in [0.5, 0.6) is 0 Å². The first-order valence-electron chi connectivity index (χ1n) is 4.53. The van der Waals surface area contributed by atoms with Gasteiger partial charge in [-0.2, -0.15) is 0 Å². The van der Waals surface area contributed by atoms with Crippen LogP contribution in [0.1, 0.15) is 39.5 Å². The maximum absolute atomic E-state index is 9.11. The Bertz CT molecular complexity index is 128. The van der Waals surface area contributed by atoms with Crippen LogP contribution in [0.15, 0.2) is 12.7 Å². The number of carboxylic acid groups (broad SMARTS) is 1.